The van der Waals surface area contributed by atoms with Gasteiger partial charge in [0.2, 0.25) is 0 Å². The van der Waals surface area contributed by atoms with Crippen LogP contribution in [0.3, 0.4) is 0 Å². The van der Waals surface area contributed by atoms with Crippen molar-refractivity contribution in [1.29, 1.82) is 0 Å². The summed E-state index contributed by atoms with van der Waals surface area (Å²) in [4.78, 5) is 6.28. The molecule has 0 aliphatic rings. The smallest absolute Gasteiger partial charge is 0.163 e. The molecule has 1 atom stereocenters. The Hall–Kier alpha value is -1.85. The van der Waals surface area contributed by atoms with Crippen molar-refractivity contribution in [3.63, 3.8) is 0 Å². The lowest BCUT2D eigenvalue weighted by molar-refractivity contribution is 0.282. The zero-order valence-corrected chi connectivity index (χ0v) is 12.2. The lowest BCUT2D eigenvalue weighted by atomic mass is 10.1. The Morgan fingerprint density at radius 1 is 1.19 bits per heavy atom. The highest BCUT2D eigenvalue weighted by molar-refractivity contribution is 5.23. The third-order valence-corrected chi connectivity index (χ3v) is 3.36. The second-order valence-electron chi connectivity index (χ2n) is 5.00. The maximum atomic E-state index is 13.9. The van der Waals surface area contributed by atoms with Gasteiger partial charge in [-0.05, 0) is 32.3 Å². The SMILES string of the molecule is CNC(CN(C)Cc1ccccn1)c1cccc(F)c1F. The summed E-state index contributed by atoms with van der Waals surface area (Å²) < 4.78 is 27.2. The van der Waals surface area contributed by atoms with E-state index in [1.54, 1.807) is 19.3 Å². The van der Waals surface area contributed by atoms with Gasteiger partial charge in [-0.25, -0.2) is 8.78 Å². The zero-order valence-electron chi connectivity index (χ0n) is 12.2. The van der Waals surface area contributed by atoms with Gasteiger partial charge in [-0.3, -0.25) is 9.88 Å². The number of hydrogen-bond donors (Lipinski definition) is 1. The monoisotopic (exact) mass is 291 g/mol. The van der Waals surface area contributed by atoms with Gasteiger partial charge < -0.3 is 5.32 Å². The molecular formula is C16H19F2N3. The minimum Gasteiger partial charge on any atom is -0.312 e. The molecular weight excluding hydrogens is 272 g/mol. The first-order chi connectivity index (χ1) is 10.1. The second kappa shape index (κ2) is 7.24. The van der Waals surface area contributed by atoms with Crippen LogP contribution >= 0.6 is 0 Å². The van der Waals surface area contributed by atoms with Crippen molar-refractivity contribution in [3.05, 3.63) is 65.5 Å². The standard InChI is InChI=1S/C16H19F2N3/c1-19-15(13-7-5-8-14(17)16(13)18)11-21(2)10-12-6-3-4-9-20-12/h3-9,15,19H,10-11H2,1-2H3. The molecule has 1 N–H and O–H groups in total. The lowest BCUT2D eigenvalue weighted by Crippen LogP contribution is -2.31. The van der Waals surface area contributed by atoms with Gasteiger partial charge in [0.15, 0.2) is 11.6 Å². The van der Waals surface area contributed by atoms with Gasteiger partial charge in [-0.15, -0.1) is 0 Å². The fourth-order valence-corrected chi connectivity index (χ4v) is 2.28. The minimum atomic E-state index is -0.819. The van der Waals surface area contributed by atoms with E-state index in [9.17, 15) is 8.78 Å². The Morgan fingerprint density at radius 3 is 2.67 bits per heavy atom. The number of nitrogens with zero attached hydrogens (tertiary/aromatic N) is 2. The van der Waals surface area contributed by atoms with Crippen LogP contribution in [0.5, 0.6) is 0 Å². The molecule has 0 saturated carbocycles. The summed E-state index contributed by atoms with van der Waals surface area (Å²) in [5.41, 5.74) is 1.28. The number of rotatable bonds is 6. The molecule has 112 valence electrons. The number of hydrogen-bond acceptors (Lipinski definition) is 3. The van der Waals surface area contributed by atoms with Crippen LogP contribution in [0, 0.1) is 11.6 Å². The average Bonchev–Trinajstić information content (AvgIpc) is 2.49. The lowest BCUT2D eigenvalue weighted by Gasteiger charge is -2.24. The van der Waals surface area contributed by atoms with Crippen molar-refractivity contribution >= 4 is 0 Å². The first kappa shape index (κ1) is 15.5. The Labute approximate surface area is 123 Å². The van der Waals surface area contributed by atoms with Crippen LogP contribution in [0.15, 0.2) is 42.6 Å². The molecule has 1 aromatic heterocycles. The molecule has 0 aliphatic heterocycles. The summed E-state index contributed by atoms with van der Waals surface area (Å²) in [5.74, 6) is -1.61. The third-order valence-electron chi connectivity index (χ3n) is 3.36. The van der Waals surface area contributed by atoms with E-state index in [-0.39, 0.29) is 6.04 Å². The number of nitrogens with one attached hydrogen (secondary N) is 1. The molecule has 0 radical (unpaired) electrons. The Balaban J connectivity index is 2.06. The summed E-state index contributed by atoms with van der Waals surface area (Å²) in [6.45, 7) is 1.20. The zero-order chi connectivity index (χ0) is 15.2. The van der Waals surface area contributed by atoms with Crippen LogP contribution in [-0.2, 0) is 6.54 Å². The highest BCUT2D eigenvalue weighted by Gasteiger charge is 2.18. The van der Waals surface area contributed by atoms with E-state index >= 15 is 0 Å². The summed E-state index contributed by atoms with van der Waals surface area (Å²) in [6, 6.07) is 9.70. The van der Waals surface area contributed by atoms with Gasteiger partial charge >= 0.3 is 0 Å². The van der Waals surface area contributed by atoms with Crippen LogP contribution in [0.2, 0.25) is 0 Å². The maximum absolute atomic E-state index is 13.9. The minimum absolute atomic E-state index is 0.283. The van der Waals surface area contributed by atoms with Crippen LogP contribution in [-0.4, -0.2) is 30.5 Å². The molecule has 2 rings (SSSR count). The number of pyridine rings is 1. The first-order valence-electron chi connectivity index (χ1n) is 6.81. The van der Waals surface area contributed by atoms with Gasteiger partial charge in [0.05, 0.1) is 5.69 Å². The number of likely N-dealkylation sites (N-methyl/N-ethyl adjacent to an activating group) is 2. The van der Waals surface area contributed by atoms with Crippen LogP contribution < -0.4 is 5.32 Å². The van der Waals surface area contributed by atoms with Crippen molar-refractivity contribution in [2.24, 2.45) is 0 Å². The quantitative estimate of drug-likeness (QED) is 0.887. The molecule has 1 aromatic carbocycles. The largest absolute Gasteiger partial charge is 0.312 e. The van der Waals surface area contributed by atoms with Crippen molar-refractivity contribution in [2.75, 3.05) is 20.6 Å². The maximum Gasteiger partial charge on any atom is 0.163 e. The normalized spacial score (nSPS) is 12.6. The van der Waals surface area contributed by atoms with E-state index in [0.717, 1.165) is 11.8 Å². The predicted molar refractivity (Wildman–Crippen MR) is 78.7 cm³/mol. The molecule has 2 aromatic rings. The van der Waals surface area contributed by atoms with Gasteiger partial charge in [0.25, 0.3) is 0 Å². The number of halogens is 2. The molecule has 0 aliphatic carbocycles. The van der Waals surface area contributed by atoms with E-state index < -0.39 is 11.6 Å². The van der Waals surface area contributed by atoms with Gasteiger partial charge in [0, 0.05) is 30.9 Å². The fourth-order valence-electron chi connectivity index (χ4n) is 2.28. The molecule has 0 fully saturated rings. The number of aromatic nitrogens is 1. The summed E-state index contributed by atoms with van der Waals surface area (Å²) in [6.07, 6.45) is 1.74. The van der Waals surface area contributed by atoms with Gasteiger partial charge in [-0.2, -0.15) is 0 Å². The average molecular weight is 291 g/mol. The molecule has 0 amide bonds. The van der Waals surface area contributed by atoms with Crippen molar-refractivity contribution in [2.45, 2.75) is 12.6 Å². The molecule has 0 bridgehead atoms. The Kier molecular flexibility index (Phi) is 5.36. The predicted octanol–water partition coefficient (Wildman–Crippen LogP) is 2.75. The van der Waals surface area contributed by atoms with Crippen LogP contribution in [0.1, 0.15) is 17.3 Å². The Morgan fingerprint density at radius 2 is 2.00 bits per heavy atom. The summed E-state index contributed by atoms with van der Waals surface area (Å²) in [7, 11) is 3.67. The second-order valence-corrected chi connectivity index (χ2v) is 5.00. The summed E-state index contributed by atoms with van der Waals surface area (Å²) in [5, 5.41) is 3.03. The topological polar surface area (TPSA) is 28.2 Å². The molecule has 1 unspecified atom stereocenters. The van der Waals surface area contributed by atoms with Crippen LogP contribution in [0.4, 0.5) is 8.78 Å². The van der Waals surface area contributed by atoms with Crippen molar-refractivity contribution in [3.8, 4) is 0 Å². The fraction of sp³-hybridized carbons (Fsp3) is 0.312. The molecule has 1 heterocycles. The first-order valence-corrected chi connectivity index (χ1v) is 6.81. The molecule has 0 spiro atoms. The number of benzene rings is 1. The van der Waals surface area contributed by atoms with E-state index in [0.29, 0.717) is 18.7 Å². The molecule has 3 nitrogen and oxygen atoms in total. The summed E-state index contributed by atoms with van der Waals surface area (Å²) >= 11 is 0. The van der Waals surface area contributed by atoms with E-state index in [1.165, 1.54) is 6.07 Å². The van der Waals surface area contributed by atoms with E-state index in [4.69, 9.17) is 0 Å². The highest BCUT2D eigenvalue weighted by Crippen LogP contribution is 2.20. The molecule has 5 heteroatoms. The van der Waals surface area contributed by atoms with Gasteiger partial charge in [0.1, 0.15) is 0 Å². The Bertz CT molecular complexity index is 575. The highest BCUT2D eigenvalue weighted by atomic mass is 19.2. The van der Waals surface area contributed by atoms with E-state index in [2.05, 4.69) is 10.3 Å². The molecule has 0 saturated heterocycles. The van der Waals surface area contributed by atoms with Crippen molar-refractivity contribution in [1.82, 2.24) is 15.2 Å². The van der Waals surface area contributed by atoms with Crippen LogP contribution in [0.25, 0.3) is 0 Å². The third kappa shape index (κ3) is 4.06. The van der Waals surface area contributed by atoms with E-state index in [1.807, 2.05) is 30.1 Å². The van der Waals surface area contributed by atoms with Crippen molar-refractivity contribution < 1.29 is 8.78 Å². The van der Waals surface area contributed by atoms with Gasteiger partial charge in [-0.1, -0.05) is 18.2 Å². The molecule has 21 heavy (non-hydrogen) atoms.